The second kappa shape index (κ2) is 7.98. The van der Waals surface area contributed by atoms with Crippen molar-refractivity contribution in [2.24, 2.45) is 5.73 Å². The molecule has 2 rings (SSSR count). The van der Waals surface area contributed by atoms with E-state index in [0.29, 0.717) is 13.0 Å². The number of hydrogen-bond acceptors (Lipinski definition) is 6. The van der Waals surface area contributed by atoms with Crippen LogP contribution in [0.2, 0.25) is 0 Å². The number of sulfone groups is 1. The van der Waals surface area contributed by atoms with Crippen molar-refractivity contribution in [3.63, 3.8) is 0 Å². The van der Waals surface area contributed by atoms with E-state index in [9.17, 15) is 18.0 Å². The van der Waals surface area contributed by atoms with Crippen molar-refractivity contribution >= 4 is 21.7 Å². The van der Waals surface area contributed by atoms with Gasteiger partial charge in [0.1, 0.15) is 12.3 Å². The first-order valence-electron chi connectivity index (χ1n) is 7.64. The van der Waals surface area contributed by atoms with E-state index in [-0.39, 0.29) is 23.8 Å². The molecule has 0 spiro atoms. The predicted octanol–water partition coefficient (Wildman–Crippen LogP) is 0.733. The van der Waals surface area contributed by atoms with E-state index in [1.165, 1.54) is 4.90 Å². The fourth-order valence-electron chi connectivity index (χ4n) is 2.25. The maximum Gasteiger partial charge on any atom is 0.355 e. The van der Waals surface area contributed by atoms with E-state index in [2.05, 4.69) is 0 Å². The smallest absolute Gasteiger partial charge is 0.355 e. The summed E-state index contributed by atoms with van der Waals surface area (Å²) < 4.78 is 27.6. The average molecular weight is 364 g/mol. The van der Waals surface area contributed by atoms with Gasteiger partial charge in [-0.2, -0.15) is 0 Å². The Balaban J connectivity index is 2.01. The van der Waals surface area contributed by atoms with E-state index < -0.39 is 21.7 Å². The first kappa shape index (κ1) is 18.7. The first-order chi connectivity index (χ1) is 11.8. The molecule has 25 heavy (non-hydrogen) atoms. The summed E-state index contributed by atoms with van der Waals surface area (Å²) in [5, 5.41) is 0. The molecule has 7 nitrogen and oxygen atoms in total. The van der Waals surface area contributed by atoms with Crippen molar-refractivity contribution in [1.82, 2.24) is 4.90 Å². The molecule has 134 valence electrons. The summed E-state index contributed by atoms with van der Waals surface area (Å²) in [5.74, 6) is -1.56. The van der Waals surface area contributed by atoms with Gasteiger partial charge in [0, 0.05) is 12.8 Å². The maximum atomic E-state index is 12.3. The van der Waals surface area contributed by atoms with Crippen LogP contribution in [-0.4, -0.2) is 43.7 Å². The van der Waals surface area contributed by atoms with Gasteiger partial charge in [-0.15, -0.1) is 0 Å². The molecular formula is C17H20N2O5S. The van der Waals surface area contributed by atoms with Gasteiger partial charge >= 0.3 is 5.97 Å². The number of nitrogens with zero attached hydrogens (tertiary/aromatic N) is 1. The fourth-order valence-corrected chi connectivity index (χ4v) is 2.73. The van der Waals surface area contributed by atoms with Gasteiger partial charge in [0.25, 0.3) is 5.91 Å². The van der Waals surface area contributed by atoms with E-state index in [1.54, 1.807) is 6.08 Å². The van der Waals surface area contributed by atoms with Crippen molar-refractivity contribution in [3.8, 4) is 0 Å². The van der Waals surface area contributed by atoms with Crippen LogP contribution in [0.25, 0.3) is 0 Å². The van der Waals surface area contributed by atoms with E-state index >= 15 is 0 Å². The van der Waals surface area contributed by atoms with Gasteiger partial charge in [-0.3, -0.25) is 4.79 Å². The van der Waals surface area contributed by atoms with Crippen LogP contribution >= 0.6 is 0 Å². The molecule has 0 saturated carbocycles. The molecule has 0 saturated heterocycles. The number of esters is 1. The number of nitrogens with two attached hydrogens (primary N) is 1. The van der Waals surface area contributed by atoms with Gasteiger partial charge in [-0.05, 0) is 18.1 Å². The van der Waals surface area contributed by atoms with Gasteiger partial charge in [-0.25, -0.2) is 13.2 Å². The van der Waals surface area contributed by atoms with Crippen molar-refractivity contribution in [1.29, 1.82) is 0 Å². The zero-order valence-electron chi connectivity index (χ0n) is 13.8. The molecule has 1 heterocycles. The Bertz CT molecular complexity index is 813. The molecule has 0 unspecified atom stereocenters. The minimum atomic E-state index is -3.28. The molecule has 1 aliphatic heterocycles. The third-order valence-electron chi connectivity index (χ3n) is 3.50. The highest BCUT2D eigenvalue weighted by Gasteiger charge is 2.29. The van der Waals surface area contributed by atoms with Gasteiger partial charge in [0.2, 0.25) is 0 Å². The Labute approximate surface area is 146 Å². The highest BCUT2D eigenvalue weighted by molar-refractivity contribution is 7.90. The van der Waals surface area contributed by atoms with Gasteiger partial charge < -0.3 is 15.4 Å². The summed E-state index contributed by atoms with van der Waals surface area (Å²) >= 11 is 0. The van der Waals surface area contributed by atoms with Crippen LogP contribution in [0.1, 0.15) is 12.0 Å². The normalized spacial score (nSPS) is 15.0. The average Bonchev–Trinajstić information content (AvgIpc) is 3.07. The zero-order chi connectivity index (χ0) is 18.4. The third-order valence-corrected chi connectivity index (χ3v) is 4.27. The number of amides is 1. The van der Waals surface area contributed by atoms with Crippen molar-refractivity contribution in [2.75, 3.05) is 18.6 Å². The fraction of sp³-hybridized carbons (Fsp3) is 0.294. The quantitative estimate of drug-likeness (QED) is 0.589. The Morgan fingerprint density at radius 1 is 1.28 bits per heavy atom. The number of rotatable bonds is 6. The van der Waals surface area contributed by atoms with Crippen LogP contribution in [0, 0.1) is 0 Å². The SMILES string of the molecule is CS(=O)(=O)C/C=C(\N)C(=O)N1CCC=C1C(=O)OCc1ccccc1. The topological polar surface area (TPSA) is 107 Å². The van der Waals surface area contributed by atoms with Gasteiger partial charge in [0.15, 0.2) is 9.84 Å². The van der Waals surface area contributed by atoms with Gasteiger partial charge in [-0.1, -0.05) is 36.4 Å². The number of hydrogen-bond donors (Lipinski definition) is 1. The lowest BCUT2D eigenvalue weighted by molar-refractivity contribution is -0.144. The molecule has 0 aliphatic carbocycles. The van der Waals surface area contributed by atoms with Crippen molar-refractivity contribution in [2.45, 2.75) is 13.0 Å². The number of carbonyl (C=O) groups is 2. The van der Waals surface area contributed by atoms with E-state index in [1.807, 2.05) is 30.3 Å². The molecule has 8 heteroatoms. The van der Waals surface area contributed by atoms with E-state index in [4.69, 9.17) is 10.5 Å². The summed E-state index contributed by atoms with van der Waals surface area (Å²) in [6, 6.07) is 9.18. The van der Waals surface area contributed by atoms with Crippen molar-refractivity contribution in [3.05, 3.63) is 59.4 Å². The number of carbonyl (C=O) groups excluding carboxylic acids is 2. The lowest BCUT2D eigenvalue weighted by Crippen LogP contribution is -2.35. The maximum absolute atomic E-state index is 12.3. The van der Waals surface area contributed by atoms with Crippen molar-refractivity contribution < 1.29 is 22.7 Å². The largest absolute Gasteiger partial charge is 0.456 e. The molecule has 0 atom stereocenters. The van der Waals surface area contributed by atoms with Crippen LogP contribution in [0.4, 0.5) is 0 Å². The van der Waals surface area contributed by atoms with Crippen LogP contribution < -0.4 is 5.73 Å². The summed E-state index contributed by atoms with van der Waals surface area (Å²) in [7, 11) is -3.28. The second-order valence-corrected chi connectivity index (χ2v) is 7.83. The van der Waals surface area contributed by atoms with Crippen LogP contribution in [-0.2, 0) is 30.8 Å². The molecule has 2 N–H and O–H groups in total. The molecular weight excluding hydrogens is 344 g/mol. The van der Waals surface area contributed by atoms with E-state index in [0.717, 1.165) is 17.9 Å². The molecule has 1 aromatic carbocycles. The molecule has 1 amide bonds. The second-order valence-electron chi connectivity index (χ2n) is 5.65. The van der Waals surface area contributed by atoms with Crippen LogP contribution in [0.3, 0.4) is 0 Å². The first-order valence-corrected chi connectivity index (χ1v) is 9.70. The number of ether oxygens (including phenoxy) is 1. The highest BCUT2D eigenvalue weighted by atomic mass is 32.2. The van der Waals surface area contributed by atoms with Crippen LogP contribution in [0.15, 0.2) is 53.9 Å². The summed E-state index contributed by atoms with van der Waals surface area (Å²) in [5.41, 5.74) is 6.40. The standard InChI is InChI=1S/C17H20N2O5S/c1-25(22,23)11-9-14(18)16(20)19-10-5-8-15(19)17(21)24-12-13-6-3-2-4-7-13/h2-4,6-9H,5,10-12,18H2,1H3/b14-9-. The molecule has 0 radical (unpaired) electrons. The van der Waals surface area contributed by atoms with Gasteiger partial charge in [0.05, 0.1) is 11.4 Å². The summed E-state index contributed by atoms with van der Waals surface area (Å²) in [6.45, 7) is 0.389. The highest BCUT2D eigenvalue weighted by Crippen LogP contribution is 2.19. The third kappa shape index (κ3) is 5.46. The summed E-state index contributed by atoms with van der Waals surface area (Å²) in [6.07, 6.45) is 4.29. The minimum absolute atomic E-state index is 0.0957. The molecule has 0 bridgehead atoms. The zero-order valence-corrected chi connectivity index (χ0v) is 14.7. The minimum Gasteiger partial charge on any atom is -0.456 e. The lowest BCUT2D eigenvalue weighted by atomic mass is 10.2. The Kier molecular flexibility index (Phi) is 5.97. The predicted molar refractivity (Wildman–Crippen MR) is 92.6 cm³/mol. The Morgan fingerprint density at radius 2 is 1.96 bits per heavy atom. The Hall–Kier alpha value is -2.61. The molecule has 1 aromatic rings. The van der Waals surface area contributed by atoms with Crippen LogP contribution in [0.5, 0.6) is 0 Å². The lowest BCUT2D eigenvalue weighted by Gasteiger charge is -2.19. The molecule has 0 fully saturated rings. The number of benzene rings is 1. The summed E-state index contributed by atoms with van der Waals surface area (Å²) in [4.78, 5) is 25.8. The Morgan fingerprint density at radius 3 is 2.60 bits per heavy atom. The molecule has 0 aromatic heterocycles. The monoisotopic (exact) mass is 364 g/mol. The molecule has 1 aliphatic rings.